The number of ether oxygens (including phenoxy) is 1. The fourth-order valence-electron chi connectivity index (χ4n) is 1.60. The lowest BCUT2D eigenvalue weighted by molar-refractivity contribution is 0.350. The molecule has 2 aromatic rings. The molecule has 0 bridgehead atoms. The van der Waals surface area contributed by atoms with Crippen LogP contribution in [0.2, 0.25) is 5.15 Å². The van der Waals surface area contributed by atoms with Crippen molar-refractivity contribution in [2.24, 2.45) is 0 Å². The van der Waals surface area contributed by atoms with Gasteiger partial charge in [-0.2, -0.15) is 0 Å². The van der Waals surface area contributed by atoms with E-state index in [1.54, 1.807) is 25.3 Å². The van der Waals surface area contributed by atoms with E-state index in [1.807, 2.05) is 0 Å². The molecule has 0 unspecified atom stereocenters. The molecule has 0 aliphatic carbocycles. The average Bonchev–Trinajstić information content (AvgIpc) is 2.34. The molecule has 0 aliphatic rings. The highest BCUT2D eigenvalue weighted by molar-refractivity contribution is 6.30. The van der Waals surface area contributed by atoms with Crippen molar-refractivity contribution >= 4 is 11.6 Å². The molecule has 0 aliphatic heterocycles. The maximum Gasteiger partial charge on any atom is 0.299 e. The molecule has 94 valence electrons. The molecule has 0 fully saturated rings. The third-order valence-electron chi connectivity index (χ3n) is 2.45. The van der Waals surface area contributed by atoms with Gasteiger partial charge >= 0.3 is 0 Å². The summed E-state index contributed by atoms with van der Waals surface area (Å²) < 4.78 is 6.52. The van der Waals surface area contributed by atoms with Gasteiger partial charge in [-0.3, -0.25) is 9.36 Å². The molecule has 0 spiro atoms. The van der Waals surface area contributed by atoms with Crippen LogP contribution in [0.25, 0.3) is 0 Å². The van der Waals surface area contributed by atoms with Gasteiger partial charge in [0.2, 0.25) is 0 Å². The molecule has 2 aromatic heterocycles. The molecule has 0 atom stereocenters. The van der Waals surface area contributed by atoms with Gasteiger partial charge in [-0.05, 0) is 13.0 Å². The van der Waals surface area contributed by atoms with Gasteiger partial charge in [0.25, 0.3) is 11.6 Å². The third-order valence-corrected chi connectivity index (χ3v) is 2.79. The molecule has 0 radical (unpaired) electrons. The van der Waals surface area contributed by atoms with Crippen LogP contribution < -0.4 is 10.3 Å². The number of aromatic nitrogens is 3. The minimum atomic E-state index is -0.181. The van der Waals surface area contributed by atoms with Gasteiger partial charge < -0.3 is 4.74 Å². The number of nitrogens with zero attached hydrogens (tertiary/aromatic N) is 3. The first-order valence-corrected chi connectivity index (χ1v) is 5.71. The first-order valence-electron chi connectivity index (χ1n) is 5.33. The SMILES string of the molecule is COc1nc(C)cc(=O)n1Cc1cccnc1Cl. The first-order chi connectivity index (χ1) is 8.61. The van der Waals surface area contributed by atoms with Crippen molar-refractivity contribution in [3.8, 4) is 6.01 Å². The highest BCUT2D eigenvalue weighted by Gasteiger charge is 2.10. The lowest BCUT2D eigenvalue weighted by Crippen LogP contribution is -2.23. The van der Waals surface area contributed by atoms with Crippen LogP contribution >= 0.6 is 11.6 Å². The zero-order valence-electron chi connectivity index (χ0n) is 10.1. The highest BCUT2D eigenvalue weighted by Crippen LogP contribution is 2.14. The molecule has 5 nitrogen and oxygen atoms in total. The van der Waals surface area contributed by atoms with Crippen LogP contribution in [0.5, 0.6) is 6.01 Å². The lowest BCUT2D eigenvalue weighted by Gasteiger charge is -2.11. The summed E-state index contributed by atoms with van der Waals surface area (Å²) in [5.41, 5.74) is 1.18. The maximum absolute atomic E-state index is 11.9. The Morgan fingerprint density at radius 1 is 1.50 bits per heavy atom. The molecular weight excluding hydrogens is 254 g/mol. The summed E-state index contributed by atoms with van der Waals surface area (Å²) in [6.45, 7) is 2.02. The van der Waals surface area contributed by atoms with Crippen molar-refractivity contribution in [1.29, 1.82) is 0 Å². The van der Waals surface area contributed by atoms with E-state index in [1.165, 1.54) is 17.7 Å². The zero-order chi connectivity index (χ0) is 13.1. The number of hydrogen-bond donors (Lipinski definition) is 0. The second kappa shape index (κ2) is 5.18. The summed E-state index contributed by atoms with van der Waals surface area (Å²) in [6.07, 6.45) is 1.60. The number of aryl methyl sites for hydroxylation is 1. The predicted octanol–water partition coefficient (Wildman–Crippen LogP) is 1.66. The lowest BCUT2D eigenvalue weighted by atomic mass is 10.3. The van der Waals surface area contributed by atoms with E-state index in [-0.39, 0.29) is 18.1 Å². The third kappa shape index (κ3) is 2.51. The Labute approximate surface area is 109 Å². The summed E-state index contributed by atoms with van der Waals surface area (Å²) >= 11 is 5.97. The molecule has 6 heteroatoms. The van der Waals surface area contributed by atoms with E-state index < -0.39 is 0 Å². The summed E-state index contributed by atoms with van der Waals surface area (Å²) in [5.74, 6) is 0. The molecule has 0 saturated heterocycles. The number of methoxy groups -OCH3 is 1. The van der Waals surface area contributed by atoms with Crippen molar-refractivity contribution in [1.82, 2.24) is 14.5 Å². The predicted molar refractivity (Wildman–Crippen MR) is 68.1 cm³/mol. The van der Waals surface area contributed by atoms with Crippen molar-refractivity contribution in [2.75, 3.05) is 7.11 Å². The number of pyridine rings is 1. The summed E-state index contributed by atoms with van der Waals surface area (Å²) in [7, 11) is 1.47. The number of rotatable bonds is 3. The molecule has 0 N–H and O–H groups in total. The Kier molecular flexibility index (Phi) is 3.62. The van der Waals surface area contributed by atoms with Gasteiger partial charge in [0.05, 0.1) is 13.7 Å². The largest absolute Gasteiger partial charge is 0.468 e. The Morgan fingerprint density at radius 3 is 2.94 bits per heavy atom. The standard InChI is InChI=1S/C12H12ClN3O2/c1-8-6-10(17)16(12(15-8)18-2)7-9-4-3-5-14-11(9)13/h3-6H,7H2,1-2H3. The van der Waals surface area contributed by atoms with Gasteiger partial charge in [0.1, 0.15) is 5.15 Å². The maximum atomic E-state index is 11.9. The summed E-state index contributed by atoms with van der Waals surface area (Å²) in [6, 6.07) is 5.29. The second-order valence-corrected chi connectivity index (χ2v) is 4.12. The number of hydrogen-bond acceptors (Lipinski definition) is 4. The summed E-state index contributed by atoms with van der Waals surface area (Å²) in [5, 5.41) is 0.368. The van der Waals surface area contributed by atoms with E-state index in [0.717, 1.165) is 5.56 Å². The zero-order valence-corrected chi connectivity index (χ0v) is 10.8. The van der Waals surface area contributed by atoms with Crippen LogP contribution in [0.15, 0.2) is 29.2 Å². The molecular formula is C12H12ClN3O2. The Morgan fingerprint density at radius 2 is 2.28 bits per heavy atom. The molecule has 18 heavy (non-hydrogen) atoms. The molecule has 2 heterocycles. The van der Waals surface area contributed by atoms with Crippen LogP contribution in [0.1, 0.15) is 11.3 Å². The molecule has 0 saturated carbocycles. The topological polar surface area (TPSA) is 57.0 Å². The van der Waals surface area contributed by atoms with Gasteiger partial charge in [-0.25, -0.2) is 9.97 Å². The van der Waals surface area contributed by atoms with Crippen molar-refractivity contribution in [3.63, 3.8) is 0 Å². The Balaban J connectivity index is 2.47. The first kappa shape index (κ1) is 12.6. The molecule has 0 amide bonds. The normalized spacial score (nSPS) is 10.4. The quantitative estimate of drug-likeness (QED) is 0.792. The van der Waals surface area contributed by atoms with E-state index in [0.29, 0.717) is 10.8 Å². The van der Waals surface area contributed by atoms with E-state index in [2.05, 4.69) is 9.97 Å². The van der Waals surface area contributed by atoms with E-state index >= 15 is 0 Å². The van der Waals surface area contributed by atoms with Crippen LogP contribution in [0.3, 0.4) is 0 Å². The fraction of sp³-hybridized carbons (Fsp3) is 0.250. The monoisotopic (exact) mass is 265 g/mol. The van der Waals surface area contributed by atoms with Crippen molar-refractivity contribution in [2.45, 2.75) is 13.5 Å². The van der Waals surface area contributed by atoms with E-state index in [9.17, 15) is 4.79 Å². The molecule has 0 aromatic carbocycles. The average molecular weight is 266 g/mol. The molecule has 2 rings (SSSR count). The van der Waals surface area contributed by atoms with Crippen LogP contribution in [-0.2, 0) is 6.54 Å². The Hall–Kier alpha value is -1.88. The number of halogens is 1. The van der Waals surface area contributed by atoms with Crippen LogP contribution in [0, 0.1) is 6.92 Å². The fourth-order valence-corrected chi connectivity index (χ4v) is 1.78. The Bertz CT molecular complexity index is 625. The van der Waals surface area contributed by atoms with Crippen molar-refractivity contribution < 1.29 is 4.74 Å². The highest BCUT2D eigenvalue weighted by atomic mass is 35.5. The van der Waals surface area contributed by atoms with Gasteiger partial charge in [0, 0.05) is 23.5 Å². The van der Waals surface area contributed by atoms with Crippen LogP contribution in [0.4, 0.5) is 0 Å². The van der Waals surface area contributed by atoms with Gasteiger partial charge in [-0.1, -0.05) is 17.7 Å². The van der Waals surface area contributed by atoms with Gasteiger partial charge in [0.15, 0.2) is 0 Å². The summed E-state index contributed by atoms with van der Waals surface area (Å²) in [4.78, 5) is 20.0. The van der Waals surface area contributed by atoms with E-state index in [4.69, 9.17) is 16.3 Å². The smallest absolute Gasteiger partial charge is 0.299 e. The van der Waals surface area contributed by atoms with Crippen molar-refractivity contribution in [3.05, 3.63) is 51.2 Å². The van der Waals surface area contributed by atoms with Gasteiger partial charge in [-0.15, -0.1) is 0 Å². The minimum absolute atomic E-state index is 0.181. The second-order valence-electron chi connectivity index (χ2n) is 3.76. The minimum Gasteiger partial charge on any atom is -0.468 e. The van der Waals surface area contributed by atoms with Crippen LogP contribution in [-0.4, -0.2) is 21.6 Å².